The second kappa shape index (κ2) is 5.86. The number of nitrogens with one attached hydrogen (secondary N) is 1. The van der Waals surface area contributed by atoms with Gasteiger partial charge in [-0.15, -0.1) is 0 Å². The van der Waals surface area contributed by atoms with Crippen LogP contribution < -0.4 is 0 Å². The molecule has 2 heterocycles. The molecule has 1 atom stereocenters. The van der Waals surface area contributed by atoms with Gasteiger partial charge in [-0.05, 0) is 32.9 Å². The Hall–Kier alpha value is -0.870. The van der Waals surface area contributed by atoms with E-state index in [1.807, 2.05) is 12.4 Å². The quantitative estimate of drug-likeness (QED) is 0.918. The summed E-state index contributed by atoms with van der Waals surface area (Å²) >= 11 is 0. The Balaban J connectivity index is 1.67. The lowest BCUT2D eigenvalue weighted by molar-refractivity contribution is 0.120. The zero-order chi connectivity index (χ0) is 14.0. The Kier molecular flexibility index (Phi) is 4.13. The minimum atomic E-state index is 0.500. The Morgan fingerprint density at radius 1 is 1.40 bits per heavy atom. The lowest BCUT2D eigenvalue weighted by Gasteiger charge is -2.39. The number of aromatic amines is 1. The van der Waals surface area contributed by atoms with Crippen LogP contribution in [0.5, 0.6) is 0 Å². The molecule has 0 aromatic carbocycles. The molecule has 4 nitrogen and oxygen atoms in total. The van der Waals surface area contributed by atoms with Gasteiger partial charge >= 0.3 is 0 Å². The molecule has 1 aliphatic heterocycles. The van der Waals surface area contributed by atoms with Gasteiger partial charge in [0.1, 0.15) is 5.82 Å². The molecule has 0 bridgehead atoms. The van der Waals surface area contributed by atoms with Crippen LogP contribution in [-0.2, 0) is 6.54 Å². The van der Waals surface area contributed by atoms with Crippen LogP contribution >= 0.6 is 0 Å². The van der Waals surface area contributed by atoms with Crippen molar-refractivity contribution in [3.05, 3.63) is 18.2 Å². The minimum Gasteiger partial charge on any atom is -0.348 e. The van der Waals surface area contributed by atoms with Crippen molar-refractivity contribution in [2.45, 2.75) is 63.6 Å². The Bertz CT molecular complexity index is 408. The van der Waals surface area contributed by atoms with Gasteiger partial charge in [-0.25, -0.2) is 4.98 Å². The number of hydrogen-bond donors (Lipinski definition) is 1. The van der Waals surface area contributed by atoms with Crippen molar-refractivity contribution in [2.75, 3.05) is 20.1 Å². The molecule has 2 fully saturated rings. The lowest BCUT2D eigenvalue weighted by atomic mass is 9.79. The first-order valence-electron chi connectivity index (χ1n) is 8.17. The van der Waals surface area contributed by atoms with Gasteiger partial charge in [-0.1, -0.05) is 26.2 Å². The molecule has 1 saturated carbocycles. The summed E-state index contributed by atoms with van der Waals surface area (Å²) in [5, 5.41) is 0. The maximum Gasteiger partial charge on any atom is 0.120 e. The number of likely N-dealkylation sites (tertiary alicyclic amines) is 1. The summed E-state index contributed by atoms with van der Waals surface area (Å²) in [6.07, 6.45) is 12.2. The molecular formula is C16H28N4. The van der Waals surface area contributed by atoms with Crippen molar-refractivity contribution in [1.82, 2.24) is 19.8 Å². The molecule has 0 radical (unpaired) electrons. The fourth-order valence-corrected chi connectivity index (χ4v) is 4.28. The molecule has 4 heteroatoms. The maximum atomic E-state index is 4.39. The van der Waals surface area contributed by atoms with Gasteiger partial charge < -0.3 is 4.98 Å². The Morgan fingerprint density at radius 3 is 2.85 bits per heavy atom. The van der Waals surface area contributed by atoms with Gasteiger partial charge in [0.05, 0.1) is 6.54 Å². The van der Waals surface area contributed by atoms with E-state index in [2.05, 4.69) is 33.7 Å². The van der Waals surface area contributed by atoms with Gasteiger partial charge in [0.25, 0.3) is 0 Å². The van der Waals surface area contributed by atoms with E-state index in [1.54, 1.807) is 0 Å². The monoisotopic (exact) mass is 276 g/mol. The molecule has 112 valence electrons. The first-order valence-corrected chi connectivity index (χ1v) is 8.17. The second-order valence-corrected chi connectivity index (χ2v) is 6.62. The second-order valence-electron chi connectivity index (χ2n) is 6.62. The lowest BCUT2D eigenvalue weighted by Crippen LogP contribution is -2.42. The van der Waals surface area contributed by atoms with Gasteiger partial charge in [-0.3, -0.25) is 9.80 Å². The van der Waals surface area contributed by atoms with Gasteiger partial charge in [0.2, 0.25) is 0 Å². The van der Waals surface area contributed by atoms with Crippen molar-refractivity contribution < 1.29 is 0 Å². The molecule has 0 unspecified atom stereocenters. The van der Waals surface area contributed by atoms with Gasteiger partial charge in [0.15, 0.2) is 0 Å². The molecule has 1 spiro atoms. The van der Waals surface area contributed by atoms with E-state index in [0.717, 1.165) is 18.9 Å². The van der Waals surface area contributed by atoms with E-state index >= 15 is 0 Å². The molecule has 1 aliphatic carbocycles. The summed E-state index contributed by atoms with van der Waals surface area (Å²) in [6.45, 7) is 5.55. The molecule has 0 amide bonds. The van der Waals surface area contributed by atoms with Crippen LogP contribution in [0.4, 0.5) is 0 Å². The van der Waals surface area contributed by atoms with Crippen molar-refractivity contribution in [2.24, 2.45) is 0 Å². The molecule has 3 rings (SSSR count). The molecule has 20 heavy (non-hydrogen) atoms. The third-order valence-electron chi connectivity index (χ3n) is 5.52. The fraction of sp³-hybridized carbons (Fsp3) is 0.812. The number of likely N-dealkylation sites (N-methyl/N-ethyl adjacent to an activating group) is 2. The molecule has 1 aromatic rings. The Labute approximate surface area is 122 Å². The van der Waals surface area contributed by atoms with Crippen molar-refractivity contribution in [3.63, 3.8) is 0 Å². The van der Waals surface area contributed by atoms with Crippen LogP contribution in [0, 0.1) is 0 Å². The molecule has 1 N–H and O–H groups in total. The zero-order valence-electron chi connectivity index (χ0n) is 12.9. The van der Waals surface area contributed by atoms with E-state index in [1.165, 1.54) is 45.1 Å². The van der Waals surface area contributed by atoms with Crippen LogP contribution in [0.2, 0.25) is 0 Å². The molecule has 1 saturated heterocycles. The number of hydrogen-bond acceptors (Lipinski definition) is 3. The van der Waals surface area contributed by atoms with Crippen molar-refractivity contribution in [3.8, 4) is 0 Å². The first-order chi connectivity index (χ1) is 9.73. The summed E-state index contributed by atoms with van der Waals surface area (Å²) < 4.78 is 0. The van der Waals surface area contributed by atoms with Gasteiger partial charge in [-0.2, -0.15) is 0 Å². The zero-order valence-corrected chi connectivity index (χ0v) is 12.9. The number of H-pyrrole nitrogens is 1. The normalized spacial score (nSPS) is 26.6. The van der Waals surface area contributed by atoms with Crippen LogP contribution in [-0.4, -0.2) is 51.5 Å². The highest BCUT2D eigenvalue weighted by Gasteiger charge is 2.45. The summed E-state index contributed by atoms with van der Waals surface area (Å²) in [6, 6.07) is 0.688. The van der Waals surface area contributed by atoms with E-state index in [0.29, 0.717) is 11.6 Å². The number of nitrogens with zero attached hydrogens (tertiary/aromatic N) is 3. The summed E-state index contributed by atoms with van der Waals surface area (Å²) in [4.78, 5) is 12.9. The van der Waals surface area contributed by atoms with Crippen LogP contribution in [0.3, 0.4) is 0 Å². The van der Waals surface area contributed by atoms with Crippen LogP contribution in [0.15, 0.2) is 12.4 Å². The smallest absolute Gasteiger partial charge is 0.120 e. The standard InChI is InChI=1S/C16H28N4/c1-3-20(13-15-17-9-10-18-15)14-11-16(19(2)12-14)7-5-4-6-8-16/h9-10,14H,3-8,11-13H2,1-2H3,(H,17,18)/t14-/m1/s1. The minimum absolute atomic E-state index is 0.500. The Morgan fingerprint density at radius 2 is 2.20 bits per heavy atom. The fourth-order valence-electron chi connectivity index (χ4n) is 4.28. The summed E-state index contributed by atoms with van der Waals surface area (Å²) in [5.74, 6) is 1.10. The average molecular weight is 276 g/mol. The molecule has 1 aromatic heterocycles. The summed E-state index contributed by atoms with van der Waals surface area (Å²) in [5.41, 5.74) is 0.500. The third kappa shape index (κ3) is 2.63. The SMILES string of the molecule is CCN(Cc1ncc[nH]1)[C@H]1CN(C)C2(CCCCC2)C1. The number of imidazole rings is 1. The molecular weight excluding hydrogens is 248 g/mol. The van der Waals surface area contributed by atoms with E-state index < -0.39 is 0 Å². The highest BCUT2D eigenvalue weighted by Crippen LogP contribution is 2.42. The van der Waals surface area contributed by atoms with Gasteiger partial charge in [0, 0.05) is 30.5 Å². The van der Waals surface area contributed by atoms with E-state index in [9.17, 15) is 0 Å². The van der Waals surface area contributed by atoms with Crippen molar-refractivity contribution >= 4 is 0 Å². The van der Waals surface area contributed by atoms with Crippen molar-refractivity contribution in [1.29, 1.82) is 0 Å². The number of rotatable bonds is 4. The molecule has 2 aliphatic rings. The van der Waals surface area contributed by atoms with Crippen LogP contribution in [0.1, 0.15) is 51.3 Å². The average Bonchev–Trinajstić information content (AvgIpc) is 3.07. The largest absolute Gasteiger partial charge is 0.348 e. The van der Waals surface area contributed by atoms with E-state index in [4.69, 9.17) is 0 Å². The number of aromatic nitrogens is 2. The maximum absolute atomic E-state index is 4.39. The highest BCUT2D eigenvalue weighted by molar-refractivity contribution is 5.03. The van der Waals surface area contributed by atoms with Crippen LogP contribution in [0.25, 0.3) is 0 Å². The summed E-state index contributed by atoms with van der Waals surface area (Å²) in [7, 11) is 2.34. The highest BCUT2D eigenvalue weighted by atomic mass is 15.3. The predicted molar refractivity (Wildman–Crippen MR) is 81.5 cm³/mol. The first kappa shape index (κ1) is 14.1. The topological polar surface area (TPSA) is 35.2 Å². The predicted octanol–water partition coefficient (Wildman–Crippen LogP) is 2.64. The van der Waals surface area contributed by atoms with E-state index in [-0.39, 0.29) is 0 Å². The third-order valence-corrected chi connectivity index (χ3v) is 5.52.